The Kier molecular flexibility index (Phi) is 4.58. The molecule has 0 bridgehead atoms. The van der Waals surface area contributed by atoms with Crippen LogP contribution in [0.2, 0.25) is 0 Å². The zero-order valence-corrected chi connectivity index (χ0v) is 11.7. The highest BCUT2D eigenvalue weighted by molar-refractivity contribution is 5.42. The number of ether oxygens (including phenoxy) is 2. The molecule has 2 rings (SSSR count). The Bertz CT molecular complexity index is 599. The highest BCUT2D eigenvalue weighted by Gasteiger charge is 2.08. The van der Waals surface area contributed by atoms with Crippen LogP contribution in [0.25, 0.3) is 0 Å². The van der Waals surface area contributed by atoms with E-state index in [0.717, 1.165) is 11.1 Å². The van der Waals surface area contributed by atoms with Gasteiger partial charge in [-0.15, -0.1) is 0 Å². The van der Waals surface area contributed by atoms with Gasteiger partial charge in [0.2, 0.25) is 0 Å². The normalized spacial score (nSPS) is 10.4. The van der Waals surface area contributed by atoms with Crippen LogP contribution in [0, 0.1) is 12.7 Å². The first-order chi connectivity index (χ1) is 9.63. The zero-order valence-electron chi connectivity index (χ0n) is 11.7. The lowest BCUT2D eigenvalue weighted by molar-refractivity contribution is 0.279. The molecule has 0 fully saturated rings. The Morgan fingerprint density at radius 2 is 1.90 bits per heavy atom. The van der Waals surface area contributed by atoms with Crippen LogP contribution in [-0.2, 0) is 13.2 Å². The Morgan fingerprint density at radius 1 is 1.10 bits per heavy atom. The average molecular weight is 275 g/mol. The van der Waals surface area contributed by atoms with Crippen LogP contribution < -0.4 is 15.2 Å². The molecule has 106 valence electrons. The number of hydrogen-bond donors (Lipinski definition) is 1. The third-order valence-electron chi connectivity index (χ3n) is 3.05. The van der Waals surface area contributed by atoms with Crippen LogP contribution in [0.5, 0.6) is 11.5 Å². The van der Waals surface area contributed by atoms with Gasteiger partial charge in [-0.3, -0.25) is 0 Å². The van der Waals surface area contributed by atoms with Crippen molar-refractivity contribution in [2.75, 3.05) is 7.11 Å². The van der Waals surface area contributed by atoms with Gasteiger partial charge in [0, 0.05) is 12.1 Å². The van der Waals surface area contributed by atoms with Crippen molar-refractivity contribution < 1.29 is 13.9 Å². The summed E-state index contributed by atoms with van der Waals surface area (Å²) >= 11 is 0. The van der Waals surface area contributed by atoms with Gasteiger partial charge in [-0.25, -0.2) is 4.39 Å². The zero-order chi connectivity index (χ0) is 14.5. The molecule has 0 aliphatic heterocycles. The number of nitrogens with two attached hydrogens (primary N) is 1. The molecule has 0 saturated carbocycles. The summed E-state index contributed by atoms with van der Waals surface area (Å²) in [6.07, 6.45) is 0. The third kappa shape index (κ3) is 3.27. The summed E-state index contributed by atoms with van der Waals surface area (Å²) in [6, 6.07) is 10.4. The fraction of sp³-hybridized carbons (Fsp3) is 0.250. The fourth-order valence-corrected chi connectivity index (χ4v) is 1.92. The summed E-state index contributed by atoms with van der Waals surface area (Å²) in [7, 11) is 1.58. The van der Waals surface area contributed by atoms with Gasteiger partial charge in [-0.2, -0.15) is 0 Å². The lowest BCUT2D eigenvalue weighted by atomic mass is 10.1. The third-order valence-corrected chi connectivity index (χ3v) is 3.05. The molecule has 0 atom stereocenters. The van der Waals surface area contributed by atoms with Crippen LogP contribution in [0.3, 0.4) is 0 Å². The van der Waals surface area contributed by atoms with Gasteiger partial charge in [0.25, 0.3) is 0 Å². The van der Waals surface area contributed by atoms with Crippen LogP contribution >= 0.6 is 0 Å². The minimum Gasteiger partial charge on any atom is -0.493 e. The van der Waals surface area contributed by atoms with Gasteiger partial charge < -0.3 is 15.2 Å². The summed E-state index contributed by atoms with van der Waals surface area (Å²) in [4.78, 5) is 0. The minimum absolute atomic E-state index is 0.138. The van der Waals surface area contributed by atoms with E-state index in [4.69, 9.17) is 15.2 Å². The van der Waals surface area contributed by atoms with Crippen molar-refractivity contribution in [1.82, 2.24) is 0 Å². The number of methoxy groups -OCH3 is 1. The summed E-state index contributed by atoms with van der Waals surface area (Å²) in [5.74, 6) is 0.935. The maximum atomic E-state index is 13.7. The molecule has 0 unspecified atom stereocenters. The molecule has 20 heavy (non-hydrogen) atoms. The van der Waals surface area contributed by atoms with Crippen molar-refractivity contribution in [3.05, 3.63) is 58.9 Å². The molecule has 2 aromatic rings. The second-order valence-corrected chi connectivity index (χ2v) is 4.57. The number of benzene rings is 2. The maximum absolute atomic E-state index is 13.7. The van der Waals surface area contributed by atoms with Crippen molar-refractivity contribution in [3.8, 4) is 11.5 Å². The van der Waals surface area contributed by atoms with Gasteiger partial charge in [0.1, 0.15) is 12.4 Å². The first-order valence-electron chi connectivity index (χ1n) is 6.39. The standard InChI is InChI=1S/C16H18FNO2/c1-11-3-6-15(16(7-11)19-2)20-10-13-8-12(9-18)4-5-14(13)17/h3-8H,9-10,18H2,1-2H3. The maximum Gasteiger partial charge on any atom is 0.161 e. The molecule has 0 saturated heterocycles. The van der Waals surface area contributed by atoms with Gasteiger partial charge in [0.05, 0.1) is 7.11 Å². The Morgan fingerprint density at radius 3 is 2.60 bits per heavy atom. The molecule has 0 radical (unpaired) electrons. The molecule has 0 heterocycles. The van der Waals surface area contributed by atoms with Crippen LogP contribution in [0.4, 0.5) is 4.39 Å². The van der Waals surface area contributed by atoms with Crippen LogP contribution in [0.15, 0.2) is 36.4 Å². The molecular weight excluding hydrogens is 257 g/mol. The van der Waals surface area contributed by atoms with E-state index in [-0.39, 0.29) is 12.4 Å². The fourth-order valence-electron chi connectivity index (χ4n) is 1.92. The van der Waals surface area contributed by atoms with Gasteiger partial charge >= 0.3 is 0 Å². The summed E-state index contributed by atoms with van der Waals surface area (Å²) in [5, 5.41) is 0. The summed E-state index contributed by atoms with van der Waals surface area (Å²) < 4.78 is 24.6. The van der Waals surface area contributed by atoms with E-state index in [1.165, 1.54) is 6.07 Å². The topological polar surface area (TPSA) is 44.5 Å². The van der Waals surface area contributed by atoms with E-state index >= 15 is 0 Å². The van der Waals surface area contributed by atoms with Gasteiger partial charge in [-0.1, -0.05) is 12.1 Å². The van der Waals surface area contributed by atoms with E-state index in [1.807, 2.05) is 25.1 Å². The predicted molar refractivity (Wildman–Crippen MR) is 76.4 cm³/mol. The molecule has 2 N–H and O–H groups in total. The van der Waals surface area contributed by atoms with Crippen molar-refractivity contribution in [2.24, 2.45) is 5.73 Å². The van der Waals surface area contributed by atoms with Crippen LogP contribution in [0.1, 0.15) is 16.7 Å². The van der Waals surface area contributed by atoms with Gasteiger partial charge in [-0.05, 0) is 42.3 Å². The first-order valence-corrected chi connectivity index (χ1v) is 6.39. The monoisotopic (exact) mass is 275 g/mol. The number of rotatable bonds is 5. The second kappa shape index (κ2) is 6.39. The van der Waals surface area contributed by atoms with Crippen molar-refractivity contribution in [2.45, 2.75) is 20.1 Å². The van der Waals surface area contributed by atoms with E-state index in [2.05, 4.69) is 0 Å². The lowest BCUT2D eigenvalue weighted by Crippen LogP contribution is -2.03. The van der Waals surface area contributed by atoms with Crippen molar-refractivity contribution in [3.63, 3.8) is 0 Å². The molecule has 3 nitrogen and oxygen atoms in total. The minimum atomic E-state index is -0.298. The Hall–Kier alpha value is -2.07. The smallest absolute Gasteiger partial charge is 0.161 e. The number of hydrogen-bond acceptors (Lipinski definition) is 3. The van der Waals surface area contributed by atoms with E-state index in [0.29, 0.717) is 23.6 Å². The molecule has 4 heteroatoms. The van der Waals surface area contributed by atoms with Gasteiger partial charge in [0.15, 0.2) is 11.5 Å². The quantitative estimate of drug-likeness (QED) is 0.911. The summed E-state index contributed by atoms with van der Waals surface area (Å²) in [5.41, 5.74) is 7.99. The SMILES string of the molecule is COc1cc(C)ccc1OCc1cc(CN)ccc1F. The second-order valence-electron chi connectivity index (χ2n) is 4.57. The predicted octanol–water partition coefficient (Wildman–Crippen LogP) is 3.18. The van der Waals surface area contributed by atoms with Crippen LogP contribution in [-0.4, -0.2) is 7.11 Å². The molecular formula is C16H18FNO2. The van der Waals surface area contributed by atoms with E-state index in [1.54, 1.807) is 19.2 Å². The first kappa shape index (κ1) is 14.3. The van der Waals surface area contributed by atoms with Crippen molar-refractivity contribution in [1.29, 1.82) is 0 Å². The van der Waals surface area contributed by atoms with E-state index < -0.39 is 0 Å². The highest BCUT2D eigenvalue weighted by Crippen LogP contribution is 2.28. The Balaban J connectivity index is 2.16. The molecule has 0 aliphatic rings. The number of halogens is 1. The van der Waals surface area contributed by atoms with Crippen molar-refractivity contribution >= 4 is 0 Å². The molecule has 0 aliphatic carbocycles. The highest BCUT2D eigenvalue weighted by atomic mass is 19.1. The largest absolute Gasteiger partial charge is 0.493 e. The Labute approximate surface area is 118 Å². The average Bonchev–Trinajstić information content (AvgIpc) is 2.47. The van der Waals surface area contributed by atoms with E-state index in [9.17, 15) is 4.39 Å². The number of aryl methyl sites for hydroxylation is 1. The molecule has 0 spiro atoms. The molecule has 0 aromatic heterocycles. The molecule has 2 aromatic carbocycles. The lowest BCUT2D eigenvalue weighted by Gasteiger charge is -2.12. The summed E-state index contributed by atoms with van der Waals surface area (Å²) in [6.45, 7) is 2.48. The molecule has 0 amide bonds.